The van der Waals surface area contributed by atoms with Gasteiger partial charge in [0.1, 0.15) is 55.1 Å². The Morgan fingerprint density at radius 3 is 2.30 bits per heavy atom. The molecule has 410 valence electrons. The van der Waals surface area contributed by atoms with Crippen LogP contribution in [0.5, 0.6) is 0 Å². The number of hydrogen-bond acceptors (Lipinski definition) is 24. The molecule has 0 radical (unpaired) electrons. The van der Waals surface area contributed by atoms with Crippen LogP contribution in [0.4, 0.5) is 27.0 Å². The highest BCUT2D eigenvalue weighted by Gasteiger charge is 2.72. The molecule has 4 aliphatic heterocycles. The van der Waals surface area contributed by atoms with Crippen molar-refractivity contribution in [3.8, 4) is 0 Å². The Bertz CT molecular complexity index is 3180. The van der Waals surface area contributed by atoms with E-state index < -0.39 is 119 Å². The number of imidazole rings is 2. The van der Waals surface area contributed by atoms with Gasteiger partial charge in [0.05, 0.1) is 31.9 Å². The number of H-pyrrole nitrogens is 1. The van der Waals surface area contributed by atoms with Crippen LogP contribution in [0, 0.1) is 0 Å². The van der Waals surface area contributed by atoms with Crippen molar-refractivity contribution in [1.29, 1.82) is 0 Å². The second-order valence-electron chi connectivity index (χ2n) is 17.8. The van der Waals surface area contributed by atoms with Crippen molar-refractivity contribution in [2.75, 3.05) is 63.7 Å². The molecule has 1 aromatic carbocycles. The molecule has 5 amide bonds. The first-order valence-corrected chi connectivity index (χ1v) is 26.1. The van der Waals surface area contributed by atoms with Gasteiger partial charge in [-0.3, -0.25) is 42.1 Å². The quantitative estimate of drug-likeness (QED) is 0.0420. The van der Waals surface area contributed by atoms with E-state index in [1.165, 1.54) is 25.0 Å². The van der Waals surface area contributed by atoms with Gasteiger partial charge >= 0.3 is 33.1 Å². The lowest BCUT2D eigenvalue weighted by molar-refractivity contribution is -0.200. The topological polar surface area (TPSA) is 479 Å². The van der Waals surface area contributed by atoms with Crippen LogP contribution in [0.3, 0.4) is 0 Å². The number of carbonyl (C=O) groups is 4. The number of nitrogen functional groups attached to an aromatic ring is 2. The summed E-state index contributed by atoms with van der Waals surface area (Å²) in [5, 5.41) is 16.7. The summed E-state index contributed by atoms with van der Waals surface area (Å²) in [5.74, 6) is -2.14. The fourth-order valence-electron chi connectivity index (χ4n) is 8.67. The van der Waals surface area contributed by atoms with Gasteiger partial charge in [0.2, 0.25) is 11.9 Å². The van der Waals surface area contributed by atoms with Crippen LogP contribution in [0.2, 0.25) is 0 Å². The molecule has 4 aromatic heterocycles. The van der Waals surface area contributed by atoms with E-state index in [9.17, 15) is 48.0 Å². The van der Waals surface area contributed by atoms with Crippen LogP contribution in [-0.2, 0) is 62.6 Å². The molecule has 0 saturated carbocycles. The third-order valence-corrected chi connectivity index (χ3v) is 15.3. The lowest BCUT2D eigenvalue weighted by Gasteiger charge is -2.35. The largest absolute Gasteiger partial charge is 0.472 e. The fraction of sp³-hybridized carbons (Fsp3) is 0.500. The van der Waals surface area contributed by atoms with Crippen molar-refractivity contribution in [3.63, 3.8) is 0 Å². The number of benzene rings is 1. The van der Waals surface area contributed by atoms with Crippen LogP contribution >= 0.6 is 15.4 Å². The number of hydrogen-bond donors (Lipinski definition) is 10. The number of ether oxygens (including phenoxy) is 5. The number of aromatic amines is 1. The number of amides is 5. The molecule has 14 N–H and O–H groups in total. The maximum atomic E-state index is 15.0. The number of urea groups is 1. The number of phosphoric acid groups is 1. The number of rotatable bonds is 14. The Hall–Kier alpha value is -6.78. The number of aliphatic hydroxyl groups is 1. The normalized spacial score (nSPS) is 29.7. The molecule has 0 aliphatic carbocycles. The number of aromatic nitrogens is 8. The van der Waals surface area contributed by atoms with E-state index in [1.54, 1.807) is 24.3 Å². The number of anilines is 3. The Kier molecular flexibility index (Phi) is 15.2. The van der Waals surface area contributed by atoms with Crippen LogP contribution < -0.4 is 39.1 Å². The SMILES string of the molecule is CN(CCN(C)C(=O)C12O[C@@H]3[C@H](O1)[C@@H](COP(=O)(O)O[C@H]1[C@@H](O)[C@H](n4cnc5c(N)ncnc54)O[C@@H]1COP2(=O)O)O[C@H]3n1cnc2c(=O)[nH]c(N)nc21)C(=O)OCc1ccc(NC(=O)[C@@H](N)CCCNC(N)=O)cc1. The van der Waals surface area contributed by atoms with Crippen LogP contribution in [0.15, 0.2) is 48.0 Å². The number of nitrogens with one attached hydrogen (secondary N) is 3. The summed E-state index contributed by atoms with van der Waals surface area (Å²) in [5.41, 5.74) is 19.5. The van der Waals surface area contributed by atoms with Crippen molar-refractivity contribution in [2.45, 2.75) is 80.1 Å². The van der Waals surface area contributed by atoms with Gasteiger partial charge < -0.3 is 86.5 Å². The Morgan fingerprint density at radius 2 is 1.57 bits per heavy atom. The second kappa shape index (κ2) is 21.3. The summed E-state index contributed by atoms with van der Waals surface area (Å²) in [6, 6.07) is 4.80. The van der Waals surface area contributed by atoms with Gasteiger partial charge in [-0.2, -0.15) is 4.98 Å². The predicted molar refractivity (Wildman–Crippen MR) is 255 cm³/mol. The van der Waals surface area contributed by atoms with Gasteiger partial charge in [-0.25, -0.2) is 34.1 Å². The third kappa shape index (κ3) is 10.7. The summed E-state index contributed by atoms with van der Waals surface area (Å²) in [4.78, 5) is 112. The number of primary amides is 1. The van der Waals surface area contributed by atoms with E-state index in [-0.39, 0.29) is 66.8 Å². The van der Waals surface area contributed by atoms with Crippen molar-refractivity contribution in [2.24, 2.45) is 11.5 Å². The molecule has 2 bridgehead atoms. The van der Waals surface area contributed by atoms with Gasteiger partial charge in [-0.15, -0.1) is 0 Å². The molecule has 76 heavy (non-hydrogen) atoms. The highest BCUT2D eigenvalue weighted by atomic mass is 31.2. The highest BCUT2D eigenvalue weighted by molar-refractivity contribution is 7.55. The second-order valence-corrected chi connectivity index (χ2v) is 21.1. The van der Waals surface area contributed by atoms with E-state index in [4.69, 9.17) is 60.2 Å². The number of likely N-dealkylation sites (N-methyl/N-ethyl adjacent to an activating group) is 2. The minimum atomic E-state index is -5.73. The van der Waals surface area contributed by atoms with Crippen LogP contribution in [0.1, 0.15) is 30.9 Å². The lowest BCUT2D eigenvalue weighted by Crippen LogP contribution is -2.52. The summed E-state index contributed by atoms with van der Waals surface area (Å²) in [7, 11) is -8.42. The highest BCUT2D eigenvalue weighted by Crippen LogP contribution is 2.64. The van der Waals surface area contributed by atoms with Crippen molar-refractivity contribution in [3.05, 3.63) is 59.2 Å². The molecule has 12 atom stereocenters. The molecule has 9 rings (SSSR count). The summed E-state index contributed by atoms with van der Waals surface area (Å²) >= 11 is 0. The predicted octanol–water partition coefficient (Wildman–Crippen LogP) is -2.12. The van der Waals surface area contributed by atoms with E-state index in [0.717, 1.165) is 27.0 Å². The minimum absolute atomic E-state index is 0.0272. The van der Waals surface area contributed by atoms with Crippen molar-refractivity contribution >= 4 is 79.1 Å². The molecule has 4 fully saturated rings. The molecule has 0 spiro atoms. The van der Waals surface area contributed by atoms with Gasteiger partial charge in [0, 0.05) is 39.4 Å². The summed E-state index contributed by atoms with van der Waals surface area (Å²) < 4.78 is 77.7. The first kappa shape index (κ1) is 54.0. The van der Waals surface area contributed by atoms with Gasteiger partial charge in [-0.1, -0.05) is 12.1 Å². The standard InChI is InChI=1S/C40H52N16O18P2/c1-53(10-11-54(2)39(62)67-12-18-5-7-19(8-6-18)50-32(58)20(41)4-3-9-45-38(44)61)36(60)40-72-27-22(71-35(28(27)73-40)56-17-49-24-31(56)51-37(43)52-33(24)59)14-69-76(65,66)74-26-21(13-68-75(40,63)64)70-34(25(26)57)55-16-48-23-29(42)46-15-47-30(23)55/h5-8,15-17,20-22,25-28,34-35,57H,3-4,9-14,41H2,1-2H3,(H,50,58)(H,63,64)(H,65,66)(H2,42,46,47)(H3,44,45,61)(H3,43,51,52,59)/t20-,21+,22+,25+,26+,27+,28+,34+,35+,40?/m0/s1. The Morgan fingerprint density at radius 1 is 0.908 bits per heavy atom. The van der Waals surface area contributed by atoms with E-state index in [2.05, 4.69) is 40.5 Å². The first-order chi connectivity index (χ1) is 36.1. The maximum absolute atomic E-state index is 15.0. The van der Waals surface area contributed by atoms with Gasteiger partial charge in [0.15, 0.2) is 35.1 Å². The van der Waals surface area contributed by atoms with E-state index in [1.807, 2.05) is 0 Å². The molecule has 4 aliphatic rings. The van der Waals surface area contributed by atoms with Crippen LogP contribution in [-0.4, -0.2) is 183 Å². The molecular weight excluding hydrogens is 1050 g/mol. The zero-order valence-corrected chi connectivity index (χ0v) is 41.9. The molecule has 34 nitrogen and oxygen atoms in total. The smallest absolute Gasteiger partial charge is 0.445 e. The molecular formula is C40H52N16O18P2. The Balaban J connectivity index is 0.928. The van der Waals surface area contributed by atoms with E-state index >= 15 is 0 Å². The summed E-state index contributed by atoms with van der Waals surface area (Å²) in [6.45, 7) is -2.49. The zero-order valence-electron chi connectivity index (χ0n) is 40.1. The fourth-order valence-corrected chi connectivity index (χ4v) is 11.1. The average Bonchev–Trinajstić information content (AvgIpc) is 4.22. The zero-order chi connectivity index (χ0) is 54.4. The third-order valence-electron chi connectivity index (χ3n) is 12.6. The van der Waals surface area contributed by atoms with E-state index in [0.29, 0.717) is 17.7 Å². The number of nitrogens with zero attached hydrogens (tertiary/aromatic N) is 9. The van der Waals surface area contributed by atoms with Crippen LogP contribution in [0.25, 0.3) is 22.3 Å². The number of aliphatic hydroxyl groups excluding tert-OH is 1. The minimum Gasteiger partial charge on any atom is -0.445 e. The monoisotopic (exact) mass is 1110 g/mol. The van der Waals surface area contributed by atoms with Crippen molar-refractivity contribution in [1.82, 2.24) is 54.2 Å². The molecule has 3 unspecified atom stereocenters. The molecule has 36 heteroatoms. The molecule has 4 saturated heterocycles. The summed E-state index contributed by atoms with van der Waals surface area (Å²) in [6.07, 6.45) is -9.93. The molecule has 5 aromatic rings. The Labute approximate surface area is 427 Å². The van der Waals surface area contributed by atoms with Crippen molar-refractivity contribution < 1.29 is 80.5 Å². The number of nitrogens with two attached hydrogens (primary N) is 4. The lowest BCUT2D eigenvalue weighted by atomic mass is 10.1. The van der Waals surface area contributed by atoms with Gasteiger partial charge in [0.25, 0.3) is 11.5 Å². The number of fused-ring (bicyclic) bond motifs is 4. The van der Waals surface area contributed by atoms with Gasteiger partial charge in [-0.05, 0) is 30.5 Å². The first-order valence-electron chi connectivity index (χ1n) is 23.0. The number of phosphoric ester groups is 1. The molecule has 8 heterocycles. The maximum Gasteiger partial charge on any atom is 0.472 e. The number of carbonyl (C=O) groups excluding carboxylic acids is 4. The average molecular weight is 1110 g/mol.